The molecule has 2 N–H and O–H groups in total. The topological polar surface area (TPSA) is 40.5 Å². The summed E-state index contributed by atoms with van der Waals surface area (Å²) in [7, 11) is 0. The van der Waals surface area contributed by atoms with E-state index in [0.717, 1.165) is 31.1 Å². The zero-order chi connectivity index (χ0) is 15.7. The Hall–Kier alpha value is -0.340. The van der Waals surface area contributed by atoms with E-state index < -0.39 is 0 Å². The molecular formula is C19H36O2. The molecule has 0 heterocycles. The smallest absolute Gasteiger partial charge is 0.0605 e. The van der Waals surface area contributed by atoms with Gasteiger partial charge in [0.1, 0.15) is 0 Å². The Kier molecular flexibility index (Phi) is 9.26. The van der Waals surface area contributed by atoms with Crippen LogP contribution in [0, 0.1) is 23.7 Å². The lowest BCUT2D eigenvalue weighted by molar-refractivity contribution is 0.0628. The average Bonchev–Trinajstić information content (AvgIpc) is 2.49. The molecule has 21 heavy (non-hydrogen) atoms. The number of aliphatic hydroxyl groups is 2. The van der Waals surface area contributed by atoms with Gasteiger partial charge in [-0.15, -0.1) is 6.58 Å². The van der Waals surface area contributed by atoms with Crippen LogP contribution in [0.2, 0.25) is 0 Å². The minimum absolute atomic E-state index is 0.228. The minimum atomic E-state index is -0.274. The number of unbranched alkanes of at least 4 members (excludes halogenated alkanes) is 1. The summed E-state index contributed by atoms with van der Waals surface area (Å²) >= 11 is 0. The van der Waals surface area contributed by atoms with Crippen molar-refractivity contribution in [1.29, 1.82) is 0 Å². The Morgan fingerprint density at radius 2 is 1.71 bits per heavy atom. The van der Waals surface area contributed by atoms with Gasteiger partial charge in [-0.1, -0.05) is 32.8 Å². The van der Waals surface area contributed by atoms with Crippen molar-refractivity contribution in [2.24, 2.45) is 23.7 Å². The fourth-order valence-corrected chi connectivity index (χ4v) is 4.11. The molecule has 0 saturated heterocycles. The molecule has 2 unspecified atom stereocenters. The lowest BCUT2D eigenvalue weighted by Gasteiger charge is -2.37. The summed E-state index contributed by atoms with van der Waals surface area (Å²) in [6.45, 7) is 8.87. The number of rotatable bonds is 10. The normalized spacial score (nSPS) is 27.0. The summed E-state index contributed by atoms with van der Waals surface area (Å²) < 4.78 is 0. The molecule has 0 spiro atoms. The van der Waals surface area contributed by atoms with E-state index in [1.54, 1.807) is 0 Å². The summed E-state index contributed by atoms with van der Waals surface area (Å²) in [5, 5.41) is 19.2. The van der Waals surface area contributed by atoms with Gasteiger partial charge >= 0.3 is 0 Å². The van der Waals surface area contributed by atoms with Crippen molar-refractivity contribution in [3.63, 3.8) is 0 Å². The van der Waals surface area contributed by atoms with Crippen LogP contribution in [-0.4, -0.2) is 22.9 Å². The van der Waals surface area contributed by atoms with E-state index in [9.17, 15) is 5.11 Å². The summed E-state index contributed by atoms with van der Waals surface area (Å²) in [6, 6.07) is 0. The van der Waals surface area contributed by atoms with Crippen LogP contribution in [0.25, 0.3) is 0 Å². The molecule has 1 aliphatic rings. The molecule has 0 radical (unpaired) electrons. The number of hydrogen-bond acceptors (Lipinski definition) is 2. The van der Waals surface area contributed by atoms with Gasteiger partial charge in [0.2, 0.25) is 0 Å². The van der Waals surface area contributed by atoms with Gasteiger partial charge in [0.15, 0.2) is 0 Å². The van der Waals surface area contributed by atoms with Crippen LogP contribution in [-0.2, 0) is 0 Å². The second-order valence-electron chi connectivity index (χ2n) is 7.04. The van der Waals surface area contributed by atoms with Crippen LogP contribution in [0.4, 0.5) is 0 Å². The standard InChI is InChI=1S/C19H36O2/c1-4-8-15(3)16-10-12-17(13-11-16)18(5-2)19(21)9-6-7-14-20/h5,15-21H,2,4,6-14H2,1,3H3/t15?,16?,17?,18-,19?/m1/s1. The Labute approximate surface area is 131 Å². The molecule has 0 aromatic carbocycles. The van der Waals surface area contributed by atoms with Gasteiger partial charge in [-0.2, -0.15) is 0 Å². The second kappa shape index (κ2) is 10.4. The Morgan fingerprint density at radius 3 is 2.24 bits per heavy atom. The van der Waals surface area contributed by atoms with Crippen molar-refractivity contribution in [3.05, 3.63) is 12.7 Å². The second-order valence-corrected chi connectivity index (χ2v) is 7.04. The molecule has 1 aliphatic carbocycles. The first-order valence-corrected chi connectivity index (χ1v) is 9.05. The SMILES string of the molecule is C=C[C@@H](C(O)CCCCO)C1CCC(C(C)CCC)CC1. The van der Waals surface area contributed by atoms with Crippen LogP contribution >= 0.6 is 0 Å². The summed E-state index contributed by atoms with van der Waals surface area (Å²) in [5.74, 6) is 2.59. The Bertz CT molecular complexity index is 269. The maximum Gasteiger partial charge on any atom is 0.0605 e. The van der Waals surface area contributed by atoms with Crippen molar-refractivity contribution < 1.29 is 10.2 Å². The van der Waals surface area contributed by atoms with E-state index in [-0.39, 0.29) is 18.6 Å². The van der Waals surface area contributed by atoms with Crippen LogP contribution in [0.3, 0.4) is 0 Å². The third-order valence-corrected chi connectivity index (χ3v) is 5.53. The van der Waals surface area contributed by atoms with E-state index in [4.69, 9.17) is 5.11 Å². The minimum Gasteiger partial charge on any atom is -0.396 e. The monoisotopic (exact) mass is 296 g/mol. The highest BCUT2D eigenvalue weighted by molar-refractivity contribution is 4.92. The van der Waals surface area contributed by atoms with Crippen molar-refractivity contribution in [1.82, 2.24) is 0 Å². The van der Waals surface area contributed by atoms with Gasteiger partial charge in [0.25, 0.3) is 0 Å². The van der Waals surface area contributed by atoms with Crippen LogP contribution < -0.4 is 0 Å². The van der Waals surface area contributed by atoms with Gasteiger partial charge in [0, 0.05) is 12.5 Å². The molecule has 124 valence electrons. The Morgan fingerprint density at radius 1 is 1.10 bits per heavy atom. The fourth-order valence-electron chi connectivity index (χ4n) is 4.11. The highest BCUT2D eigenvalue weighted by atomic mass is 16.3. The molecule has 2 heteroatoms. The third kappa shape index (κ3) is 6.12. The van der Waals surface area contributed by atoms with E-state index in [1.807, 2.05) is 6.08 Å². The summed E-state index contributed by atoms with van der Waals surface area (Å²) in [5.41, 5.74) is 0. The van der Waals surface area contributed by atoms with Gasteiger partial charge in [0.05, 0.1) is 6.10 Å². The molecular weight excluding hydrogens is 260 g/mol. The fraction of sp³-hybridized carbons (Fsp3) is 0.895. The van der Waals surface area contributed by atoms with Crippen LogP contribution in [0.15, 0.2) is 12.7 Å². The molecule has 0 aliphatic heterocycles. The maximum atomic E-state index is 10.4. The third-order valence-electron chi connectivity index (χ3n) is 5.53. The van der Waals surface area contributed by atoms with Crippen LogP contribution in [0.1, 0.15) is 71.6 Å². The van der Waals surface area contributed by atoms with E-state index in [0.29, 0.717) is 5.92 Å². The largest absolute Gasteiger partial charge is 0.396 e. The maximum absolute atomic E-state index is 10.4. The first kappa shape index (κ1) is 18.7. The highest BCUT2D eigenvalue weighted by Crippen LogP contribution is 2.39. The number of aliphatic hydroxyl groups excluding tert-OH is 2. The van der Waals surface area contributed by atoms with E-state index in [2.05, 4.69) is 20.4 Å². The first-order chi connectivity index (χ1) is 10.1. The lowest BCUT2D eigenvalue weighted by Crippen LogP contribution is -2.30. The lowest BCUT2D eigenvalue weighted by atomic mass is 9.70. The summed E-state index contributed by atoms with van der Waals surface area (Å²) in [6.07, 6.45) is 12.0. The van der Waals surface area contributed by atoms with Gasteiger partial charge in [-0.05, 0) is 62.7 Å². The van der Waals surface area contributed by atoms with Crippen molar-refractivity contribution in [3.8, 4) is 0 Å². The van der Waals surface area contributed by atoms with Gasteiger partial charge in [-0.25, -0.2) is 0 Å². The van der Waals surface area contributed by atoms with Gasteiger partial charge in [-0.3, -0.25) is 0 Å². The quantitative estimate of drug-likeness (QED) is 0.458. The molecule has 2 nitrogen and oxygen atoms in total. The molecule has 1 fully saturated rings. The molecule has 0 aromatic rings. The molecule has 0 amide bonds. The predicted octanol–water partition coefficient (Wildman–Crippen LogP) is 4.55. The van der Waals surface area contributed by atoms with Gasteiger partial charge < -0.3 is 10.2 Å². The van der Waals surface area contributed by atoms with Crippen molar-refractivity contribution >= 4 is 0 Å². The molecule has 0 aromatic heterocycles. The van der Waals surface area contributed by atoms with E-state index in [1.165, 1.54) is 38.5 Å². The Balaban J connectivity index is 2.40. The molecule has 3 atom stereocenters. The summed E-state index contributed by atoms with van der Waals surface area (Å²) in [4.78, 5) is 0. The average molecular weight is 296 g/mol. The van der Waals surface area contributed by atoms with Crippen LogP contribution in [0.5, 0.6) is 0 Å². The molecule has 1 saturated carbocycles. The highest BCUT2D eigenvalue weighted by Gasteiger charge is 2.31. The van der Waals surface area contributed by atoms with E-state index >= 15 is 0 Å². The zero-order valence-corrected chi connectivity index (χ0v) is 14.1. The number of hydrogen-bond donors (Lipinski definition) is 2. The zero-order valence-electron chi connectivity index (χ0n) is 14.1. The van der Waals surface area contributed by atoms with Crippen molar-refractivity contribution in [2.45, 2.75) is 77.7 Å². The molecule has 1 rings (SSSR count). The molecule has 0 bridgehead atoms. The first-order valence-electron chi connectivity index (χ1n) is 9.05. The predicted molar refractivity (Wildman–Crippen MR) is 90.2 cm³/mol. The van der Waals surface area contributed by atoms with Crippen molar-refractivity contribution in [2.75, 3.05) is 6.61 Å².